The minimum Gasteiger partial charge on any atom is -0.397 e. The molecule has 90 valence electrons. The van der Waals surface area contributed by atoms with E-state index in [0.29, 0.717) is 4.90 Å². The van der Waals surface area contributed by atoms with Gasteiger partial charge in [0.1, 0.15) is 4.90 Å². The molecular weight excluding hydrogens is 248 g/mol. The number of sulfonamides is 1. The maximum absolute atomic E-state index is 11.2. The van der Waals surface area contributed by atoms with Gasteiger partial charge < -0.3 is 10.8 Å². The molecule has 0 bridgehead atoms. The SMILES string of the molecule is CC(CO)Sc1cccc(S(N)(=O)=O)c1N. The quantitative estimate of drug-likeness (QED) is 0.537. The standard InChI is InChI=1S/C9H14N2O3S2/c1-6(5-12)15-7-3-2-4-8(9(7)10)16(11,13)14/h2-4,6,12H,5,10H2,1H3,(H2,11,13,14). The van der Waals surface area contributed by atoms with E-state index in [-0.39, 0.29) is 22.4 Å². The van der Waals surface area contributed by atoms with Gasteiger partial charge in [0.2, 0.25) is 10.0 Å². The summed E-state index contributed by atoms with van der Waals surface area (Å²) in [6, 6.07) is 4.63. The average Bonchev–Trinajstić information content (AvgIpc) is 2.19. The predicted octanol–water partition coefficient (Wildman–Crippen LogP) is 0.389. The molecular formula is C9H14N2O3S2. The Labute approximate surface area is 98.9 Å². The number of rotatable bonds is 4. The number of para-hydroxylation sites is 1. The van der Waals surface area contributed by atoms with E-state index in [9.17, 15) is 8.42 Å². The number of benzene rings is 1. The Balaban J connectivity index is 3.15. The molecule has 0 aliphatic rings. The number of hydrogen-bond acceptors (Lipinski definition) is 5. The largest absolute Gasteiger partial charge is 0.397 e. The molecule has 0 amide bonds. The van der Waals surface area contributed by atoms with Crippen molar-refractivity contribution in [1.29, 1.82) is 0 Å². The summed E-state index contributed by atoms with van der Waals surface area (Å²) in [6.07, 6.45) is 0. The number of thioether (sulfide) groups is 1. The Morgan fingerprint density at radius 3 is 2.62 bits per heavy atom. The summed E-state index contributed by atoms with van der Waals surface area (Å²) in [6.45, 7) is 1.80. The van der Waals surface area contributed by atoms with Gasteiger partial charge in [-0.25, -0.2) is 13.6 Å². The predicted molar refractivity (Wildman–Crippen MR) is 64.6 cm³/mol. The fourth-order valence-electron chi connectivity index (χ4n) is 1.13. The first-order valence-electron chi connectivity index (χ1n) is 4.55. The van der Waals surface area contributed by atoms with E-state index in [0.717, 1.165) is 0 Å². The van der Waals surface area contributed by atoms with Crippen LogP contribution in [-0.4, -0.2) is 25.4 Å². The van der Waals surface area contributed by atoms with Gasteiger partial charge in [-0.05, 0) is 12.1 Å². The number of primary sulfonamides is 1. The first kappa shape index (κ1) is 13.3. The molecule has 1 unspecified atom stereocenters. The molecule has 0 aromatic heterocycles. The van der Waals surface area contributed by atoms with Gasteiger partial charge in [0, 0.05) is 10.1 Å². The molecule has 5 nitrogen and oxygen atoms in total. The van der Waals surface area contributed by atoms with E-state index in [1.807, 2.05) is 6.92 Å². The van der Waals surface area contributed by atoms with E-state index in [1.54, 1.807) is 12.1 Å². The van der Waals surface area contributed by atoms with Crippen molar-refractivity contribution >= 4 is 27.5 Å². The number of nitrogen functional groups attached to an aromatic ring is 1. The maximum Gasteiger partial charge on any atom is 0.240 e. The number of aliphatic hydroxyl groups excluding tert-OH is 1. The molecule has 16 heavy (non-hydrogen) atoms. The second kappa shape index (κ2) is 5.05. The van der Waals surface area contributed by atoms with Crippen molar-refractivity contribution in [2.75, 3.05) is 12.3 Å². The lowest BCUT2D eigenvalue weighted by atomic mass is 10.3. The maximum atomic E-state index is 11.2. The van der Waals surface area contributed by atoms with Crippen LogP contribution in [0.5, 0.6) is 0 Å². The Hall–Kier alpha value is -0.760. The molecule has 1 atom stereocenters. The lowest BCUT2D eigenvalue weighted by molar-refractivity contribution is 0.300. The molecule has 5 N–H and O–H groups in total. The molecule has 7 heteroatoms. The van der Waals surface area contributed by atoms with Crippen LogP contribution in [0.3, 0.4) is 0 Å². The van der Waals surface area contributed by atoms with Crippen LogP contribution in [0.25, 0.3) is 0 Å². The molecule has 0 aliphatic carbocycles. The highest BCUT2D eigenvalue weighted by Gasteiger charge is 2.16. The minimum atomic E-state index is -3.80. The normalized spacial score (nSPS) is 13.7. The number of nitrogens with two attached hydrogens (primary N) is 2. The van der Waals surface area contributed by atoms with Crippen molar-refractivity contribution in [3.8, 4) is 0 Å². The summed E-state index contributed by atoms with van der Waals surface area (Å²) in [5.41, 5.74) is 5.85. The summed E-state index contributed by atoms with van der Waals surface area (Å²) in [5.74, 6) is 0. The summed E-state index contributed by atoms with van der Waals surface area (Å²) in [4.78, 5) is 0.524. The highest BCUT2D eigenvalue weighted by Crippen LogP contribution is 2.32. The van der Waals surface area contributed by atoms with Crippen molar-refractivity contribution in [2.45, 2.75) is 22.0 Å². The van der Waals surface area contributed by atoms with E-state index in [4.69, 9.17) is 16.0 Å². The van der Waals surface area contributed by atoms with Crippen LogP contribution in [0, 0.1) is 0 Å². The van der Waals surface area contributed by atoms with Gasteiger partial charge >= 0.3 is 0 Å². The van der Waals surface area contributed by atoms with Crippen molar-refractivity contribution in [3.05, 3.63) is 18.2 Å². The Bertz CT molecular complexity index is 474. The Morgan fingerprint density at radius 1 is 1.50 bits per heavy atom. The zero-order valence-electron chi connectivity index (χ0n) is 8.75. The molecule has 0 saturated heterocycles. The van der Waals surface area contributed by atoms with Crippen molar-refractivity contribution < 1.29 is 13.5 Å². The van der Waals surface area contributed by atoms with Gasteiger partial charge in [0.05, 0.1) is 12.3 Å². The second-order valence-electron chi connectivity index (χ2n) is 3.32. The minimum absolute atomic E-state index is 0.0102. The van der Waals surface area contributed by atoms with Crippen molar-refractivity contribution in [2.24, 2.45) is 5.14 Å². The molecule has 1 aromatic rings. The smallest absolute Gasteiger partial charge is 0.240 e. The first-order chi connectivity index (χ1) is 7.36. The molecule has 0 spiro atoms. The fraction of sp³-hybridized carbons (Fsp3) is 0.333. The van der Waals surface area contributed by atoms with E-state index in [2.05, 4.69) is 0 Å². The van der Waals surface area contributed by atoms with Gasteiger partial charge in [-0.3, -0.25) is 0 Å². The van der Waals surface area contributed by atoms with E-state index >= 15 is 0 Å². The monoisotopic (exact) mass is 262 g/mol. The fourth-order valence-corrected chi connectivity index (χ4v) is 2.78. The van der Waals surface area contributed by atoms with Crippen LogP contribution < -0.4 is 10.9 Å². The molecule has 0 heterocycles. The van der Waals surface area contributed by atoms with Crippen LogP contribution in [0.1, 0.15) is 6.92 Å². The number of hydrogen-bond donors (Lipinski definition) is 3. The highest BCUT2D eigenvalue weighted by molar-refractivity contribution is 8.00. The van der Waals surface area contributed by atoms with Gasteiger partial charge in [-0.15, -0.1) is 11.8 Å². The third-order valence-corrected chi connectivity index (χ3v) is 4.05. The van der Waals surface area contributed by atoms with E-state index in [1.165, 1.54) is 17.8 Å². The molecule has 0 fully saturated rings. The lowest BCUT2D eigenvalue weighted by Gasteiger charge is -2.12. The van der Waals surface area contributed by atoms with Gasteiger partial charge in [-0.2, -0.15) is 0 Å². The molecule has 0 saturated carbocycles. The van der Waals surface area contributed by atoms with Gasteiger partial charge in [-0.1, -0.05) is 13.0 Å². The van der Waals surface area contributed by atoms with E-state index < -0.39 is 10.0 Å². The third kappa shape index (κ3) is 3.11. The summed E-state index contributed by atoms with van der Waals surface area (Å²) in [5, 5.41) is 13.9. The third-order valence-electron chi connectivity index (χ3n) is 1.92. The van der Waals surface area contributed by atoms with Crippen LogP contribution in [-0.2, 0) is 10.0 Å². The summed E-state index contributed by atoms with van der Waals surface area (Å²) >= 11 is 1.31. The zero-order chi connectivity index (χ0) is 12.3. The van der Waals surface area contributed by atoms with Crippen LogP contribution in [0.4, 0.5) is 5.69 Å². The number of aliphatic hydroxyl groups is 1. The average molecular weight is 262 g/mol. The summed E-state index contributed by atoms with van der Waals surface area (Å²) in [7, 11) is -3.80. The topological polar surface area (TPSA) is 106 Å². The highest BCUT2D eigenvalue weighted by atomic mass is 32.2. The molecule has 1 aromatic carbocycles. The lowest BCUT2D eigenvalue weighted by Crippen LogP contribution is -2.15. The summed E-state index contributed by atoms with van der Waals surface area (Å²) < 4.78 is 22.4. The molecule has 0 radical (unpaired) electrons. The second-order valence-corrected chi connectivity index (χ2v) is 6.33. The first-order valence-corrected chi connectivity index (χ1v) is 6.97. The van der Waals surface area contributed by atoms with Crippen LogP contribution >= 0.6 is 11.8 Å². The number of anilines is 1. The van der Waals surface area contributed by atoms with Crippen molar-refractivity contribution in [1.82, 2.24) is 0 Å². The van der Waals surface area contributed by atoms with Gasteiger partial charge in [0.25, 0.3) is 0 Å². The molecule has 1 rings (SSSR count). The zero-order valence-corrected chi connectivity index (χ0v) is 10.4. The van der Waals surface area contributed by atoms with Gasteiger partial charge in [0.15, 0.2) is 0 Å². The Morgan fingerprint density at radius 2 is 2.12 bits per heavy atom. The Kier molecular flexibility index (Phi) is 4.20. The van der Waals surface area contributed by atoms with Crippen LogP contribution in [0.15, 0.2) is 28.0 Å². The van der Waals surface area contributed by atoms with Crippen LogP contribution in [0.2, 0.25) is 0 Å². The molecule has 0 aliphatic heterocycles. The van der Waals surface area contributed by atoms with Crippen molar-refractivity contribution in [3.63, 3.8) is 0 Å².